The highest BCUT2D eigenvalue weighted by Crippen LogP contribution is 2.39. The van der Waals surface area contributed by atoms with E-state index in [0.29, 0.717) is 17.4 Å². The molecule has 1 unspecified atom stereocenters. The molecule has 1 aliphatic rings. The molecule has 0 amide bonds. The molecule has 2 nitrogen and oxygen atoms in total. The molecule has 0 fully saturated rings. The van der Waals surface area contributed by atoms with Crippen LogP contribution >= 0.6 is 0 Å². The van der Waals surface area contributed by atoms with E-state index in [0.717, 1.165) is 18.7 Å². The second-order valence-corrected chi connectivity index (χ2v) is 7.68. The zero-order valence-corrected chi connectivity index (χ0v) is 13.8. The second kappa shape index (κ2) is 5.40. The monoisotopic (exact) mass is 275 g/mol. The van der Waals surface area contributed by atoms with Crippen molar-refractivity contribution in [3.63, 3.8) is 0 Å². The lowest BCUT2D eigenvalue weighted by Crippen LogP contribution is -2.42. The standard InChI is InChI=1S/C18H29NO/c1-13(2)17(3,4)12-19-15-11-18(5,6)20-16-10-8-7-9-14(15)16/h7-10,13,15,19H,11-12H2,1-6H3. The van der Waals surface area contributed by atoms with Crippen LogP contribution < -0.4 is 10.1 Å². The van der Waals surface area contributed by atoms with Crippen LogP contribution in [-0.4, -0.2) is 12.1 Å². The zero-order valence-electron chi connectivity index (χ0n) is 13.8. The molecule has 0 spiro atoms. The van der Waals surface area contributed by atoms with E-state index in [1.54, 1.807) is 0 Å². The molecule has 1 heterocycles. The lowest BCUT2D eigenvalue weighted by molar-refractivity contribution is 0.0625. The van der Waals surface area contributed by atoms with Crippen LogP contribution in [0.3, 0.4) is 0 Å². The third-order valence-corrected chi connectivity index (χ3v) is 4.74. The number of para-hydroxylation sites is 1. The van der Waals surface area contributed by atoms with Crippen LogP contribution in [0.4, 0.5) is 0 Å². The summed E-state index contributed by atoms with van der Waals surface area (Å²) in [5.74, 6) is 1.70. The van der Waals surface area contributed by atoms with Gasteiger partial charge in [0.25, 0.3) is 0 Å². The summed E-state index contributed by atoms with van der Waals surface area (Å²) in [6.45, 7) is 14.6. The smallest absolute Gasteiger partial charge is 0.124 e. The van der Waals surface area contributed by atoms with Crippen molar-refractivity contribution in [2.45, 2.75) is 59.6 Å². The van der Waals surface area contributed by atoms with Crippen LogP contribution in [0.25, 0.3) is 0 Å². The fourth-order valence-corrected chi connectivity index (χ4v) is 2.57. The van der Waals surface area contributed by atoms with Gasteiger partial charge in [0.05, 0.1) is 0 Å². The maximum absolute atomic E-state index is 6.09. The summed E-state index contributed by atoms with van der Waals surface area (Å²) in [4.78, 5) is 0. The van der Waals surface area contributed by atoms with E-state index < -0.39 is 0 Å². The third kappa shape index (κ3) is 3.35. The lowest BCUT2D eigenvalue weighted by atomic mass is 9.80. The Kier molecular flexibility index (Phi) is 4.15. The van der Waals surface area contributed by atoms with E-state index >= 15 is 0 Å². The van der Waals surface area contributed by atoms with Crippen molar-refractivity contribution < 1.29 is 4.74 Å². The van der Waals surface area contributed by atoms with Crippen molar-refractivity contribution in [2.75, 3.05) is 6.54 Å². The second-order valence-electron chi connectivity index (χ2n) is 7.68. The molecular formula is C18H29NO. The third-order valence-electron chi connectivity index (χ3n) is 4.74. The fraction of sp³-hybridized carbons (Fsp3) is 0.667. The van der Waals surface area contributed by atoms with Gasteiger partial charge < -0.3 is 10.1 Å². The Hall–Kier alpha value is -1.02. The van der Waals surface area contributed by atoms with Crippen LogP contribution in [0.1, 0.15) is 59.6 Å². The highest BCUT2D eigenvalue weighted by atomic mass is 16.5. The Morgan fingerprint density at radius 2 is 1.95 bits per heavy atom. The van der Waals surface area contributed by atoms with Crippen molar-refractivity contribution in [3.05, 3.63) is 29.8 Å². The van der Waals surface area contributed by atoms with Gasteiger partial charge in [0.15, 0.2) is 0 Å². The molecule has 0 radical (unpaired) electrons. The van der Waals surface area contributed by atoms with Crippen molar-refractivity contribution in [2.24, 2.45) is 11.3 Å². The van der Waals surface area contributed by atoms with Crippen molar-refractivity contribution >= 4 is 0 Å². The van der Waals surface area contributed by atoms with Gasteiger partial charge in [-0.3, -0.25) is 0 Å². The summed E-state index contributed by atoms with van der Waals surface area (Å²) < 4.78 is 6.09. The largest absolute Gasteiger partial charge is 0.487 e. The predicted octanol–water partition coefficient (Wildman–Crippen LogP) is 4.56. The molecule has 20 heavy (non-hydrogen) atoms. The number of hydrogen-bond acceptors (Lipinski definition) is 2. The average Bonchev–Trinajstić information content (AvgIpc) is 2.34. The van der Waals surface area contributed by atoms with Gasteiger partial charge in [0.1, 0.15) is 11.4 Å². The van der Waals surface area contributed by atoms with E-state index in [1.807, 2.05) is 0 Å². The first-order chi connectivity index (χ1) is 9.21. The first-order valence-electron chi connectivity index (χ1n) is 7.73. The first kappa shape index (κ1) is 15.4. The van der Waals surface area contributed by atoms with Gasteiger partial charge in [-0.1, -0.05) is 45.9 Å². The van der Waals surface area contributed by atoms with Gasteiger partial charge in [0, 0.05) is 24.6 Å². The maximum atomic E-state index is 6.09. The summed E-state index contributed by atoms with van der Waals surface area (Å²) >= 11 is 0. The lowest BCUT2D eigenvalue weighted by Gasteiger charge is -2.40. The molecule has 0 aromatic heterocycles. The predicted molar refractivity (Wildman–Crippen MR) is 85.1 cm³/mol. The number of fused-ring (bicyclic) bond motifs is 1. The molecule has 1 aromatic carbocycles. The van der Waals surface area contributed by atoms with Gasteiger partial charge >= 0.3 is 0 Å². The van der Waals surface area contributed by atoms with Crippen LogP contribution in [0.15, 0.2) is 24.3 Å². The Balaban J connectivity index is 2.16. The number of rotatable bonds is 4. The Morgan fingerprint density at radius 3 is 2.60 bits per heavy atom. The van der Waals surface area contributed by atoms with Gasteiger partial charge in [-0.05, 0) is 31.2 Å². The van der Waals surface area contributed by atoms with Crippen molar-refractivity contribution in [1.29, 1.82) is 0 Å². The maximum Gasteiger partial charge on any atom is 0.124 e. The molecule has 0 aliphatic carbocycles. The van der Waals surface area contributed by atoms with E-state index in [4.69, 9.17) is 4.74 Å². The summed E-state index contributed by atoms with van der Waals surface area (Å²) in [7, 11) is 0. The van der Waals surface area contributed by atoms with Gasteiger partial charge in [0.2, 0.25) is 0 Å². The molecule has 1 atom stereocenters. The normalized spacial score (nSPS) is 21.4. The zero-order chi connectivity index (χ0) is 15.0. The van der Waals surface area contributed by atoms with Gasteiger partial charge in [-0.25, -0.2) is 0 Å². The number of hydrogen-bond donors (Lipinski definition) is 1. The molecule has 1 aromatic rings. The fourth-order valence-electron chi connectivity index (χ4n) is 2.57. The van der Waals surface area contributed by atoms with E-state index in [2.05, 4.69) is 71.1 Å². The molecule has 1 aliphatic heterocycles. The van der Waals surface area contributed by atoms with E-state index in [1.165, 1.54) is 5.56 Å². The quantitative estimate of drug-likeness (QED) is 0.869. The molecular weight excluding hydrogens is 246 g/mol. The van der Waals surface area contributed by atoms with Crippen LogP contribution in [0.2, 0.25) is 0 Å². The number of ether oxygens (including phenoxy) is 1. The molecule has 0 saturated carbocycles. The van der Waals surface area contributed by atoms with Gasteiger partial charge in [-0.15, -0.1) is 0 Å². The van der Waals surface area contributed by atoms with Crippen molar-refractivity contribution in [3.8, 4) is 5.75 Å². The van der Waals surface area contributed by atoms with Crippen LogP contribution in [0.5, 0.6) is 5.75 Å². The number of nitrogens with one attached hydrogen (secondary N) is 1. The van der Waals surface area contributed by atoms with Gasteiger partial charge in [-0.2, -0.15) is 0 Å². The minimum Gasteiger partial charge on any atom is -0.487 e. The summed E-state index contributed by atoms with van der Waals surface area (Å²) in [6.07, 6.45) is 1.01. The summed E-state index contributed by atoms with van der Waals surface area (Å²) in [6, 6.07) is 8.80. The number of benzene rings is 1. The minimum absolute atomic E-state index is 0.103. The van der Waals surface area contributed by atoms with E-state index in [9.17, 15) is 0 Å². The molecule has 112 valence electrons. The first-order valence-corrected chi connectivity index (χ1v) is 7.73. The van der Waals surface area contributed by atoms with Crippen molar-refractivity contribution in [1.82, 2.24) is 5.32 Å². The average molecular weight is 275 g/mol. The molecule has 0 saturated heterocycles. The topological polar surface area (TPSA) is 21.3 Å². The Bertz CT molecular complexity index is 462. The van der Waals surface area contributed by atoms with E-state index in [-0.39, 0.29) is 5.60 Å². The van der Waals surface area contributed by atoms with Crippen LogP contribution in [0, 0.1) is 11.3 Å². The SMILES string of the molecule is CC(C)C(C)(C)CNC1CC(C)(C)Oc2ccccc21. The Morgan fingerprint density at radius 1 is 1.30 bits per heavy atom. The van der Waals surface area contributed by atoms with Crippen LogP contribution in [-0.2, 0) is 0 Å². The molecule has 0 bridgehead atoms. The Labute approximate surface area is 123 Å². The summed E-state index contributed by atoms with van der Waals surface area (Å²) in [5.41, 5.74) is 1.50. The molecule has 1 N–H and O–H groups in total. The highest BCUT2D eigenvalue weighted by Gasteiger charge is 2.34. The molecule has 2 rings (SSSR count). The minimum atomic E-state index is -0.103. The molecule has 2 heteroatoms. The summed E-state index contributed by atoms with van der Waals surface area (Å²) in [5, 5.41) is 3.78. The highest BCUT2D eigenvalue weighted by molar-refractivity contribution is 5.38.